The Labute approximate surface area is 159 Å². The van der Waals surface area contributed by atoms with Crippen molar-refractivity contribution in [3.8, 4) is 23.3 Å². The quantitative estimate of drug-likeness (QED) is 0.646. The molecule has 0 unspecified atom stereocenters. The van der Waals surface area contributed by atoms with Crippen LogP contribution in [-0.4, -0.2) is 22.6 Å². The summed E-state index contributed by atoms with van der Waals surface area (Å²) >= 11 is 0. The lowest BCUT2D eigenvalue weighted by Crippen LogP contribution is -2.16. The number of hydrogen-bond acceptors (Lipinski definition) is 5. The Bertz CT molecular complexity index is 1120. The van der Waals surface area contributed by atoms with Gasteiger partial charge in [0.2, 0.25) is 5.75 Å². The van der Waals surface area contributed by atoms with Gasteiger partial charge in [0.25, 0.3) is 0 Å². The van der Waals surface area contributed by atoms with E-state index in [4.69, 9.17) is 14.7 Å². The number of aromatic nitrogens is 3. The lowest BCUT2D eigenvalue weighted by atomic mass is 9.95. The van der Waals surface area contributed by atoms with Gasteiger partial charge in [-0.2, -0.15) is 10.4 Å². The third kappa shape index (κ3) is 3.88. The summed E-state index contributed by atoms with van der Waals surface area (Å²) in [7, 11) is 3.08. The molecule has 0 saturated heterocycles. The summed E-state index contributed by atoms with van der Waals surface area (Å²) in [5.74, 6) is -0.378. The van der Waals surface area contributed by atoms with Crippen molar-refractivity contribution in [2.45, 2.75) is 13.3 Å². The van der Waals surface area contributed by atoms with Crippen LogP contribution in [0.15, 0.2) is 35.1 Å². The average Bonchev–Trinajstić information content (AvgIpc) is 3.02. The van der Waals surface area contributed by atoms with Crippen molar-refractivity contribution in [1.82, 2.24) is 14.8 Å². The normalized spacial score (nSPS) is 10.5. The van der Waals surface area contributed by atoms with E-state index >= 15 is 0 Å². The number of halogens is 2. The number of aromatic amines is 1. The first-order valence-corrected chi connectivity index (χ1v) is 8.23. The minimum atomic E-state index is -0.793. The molecule has 0 aliphatic carbocycles. The van der Waals surface area contributed by atoms with Crippen LogP contribution in [0.4, 0.5) is 8.78 Å². The standard InChI is InChI=1S/C18H15BF2N4O3/c1-25-15(23-24-18(25)26)9-27-14-3-2-13(19)16(21)17(14)28-12-5-10(7-20)4-11(6-12)8-22/h2-6H,7,9,19H2,1H3,(H,24,26). The van der Waals surface area contributed by atoms with Crippen molar-refractivity contribution in [2.75, 3.05) is 0 Å². The third-order valence-corrected chi connectivity index (χ3v) is 4.05. The Morgan fingerprint density at radius 1 is 1.36 bits per heavy atom. The van der Waals surface area contributed by atoms with Crippen LogP contribution in [0.3, 0.4) is 0 Å². The van der Waals surface area contributed by atoms with Gasteiger partial charge in [0.1, 0.15) is 26.9 Å². The highest BCUT2D eigenvalue weighted by atomic mass is 19.1. The number of alkyl halides is 1. The number of nitrogens with zero attached hydrogens (tertiary/aromatic N) is 3. The van der Waals surface area contributed by atoms with Crippen LogP contribution in [-0.2, 0) is 20.3 Å². The van der Waals surface area contributed by atoms with Crippen molar-refractivity contribution in [3.63, 3.8) is 0 Å². The molecule has 3 rings (SSSR count). The van der Waals surface area contributed by atoms with Gasteiger partial charge in [-0.25, -0.2) is 18.7 Å². The van der Waals surface area contributed by atoms with E-state index in [1.807, 2.05) is 6.07 Å². The first kappa shape index (κ1) is 19.2. The third-order valence-electron chi connectivity index (χ3n) is 4.05. The number of nitrogens with one attached hydrogen (secondary N) is 1. The number of benzene rings is 2. The molecule has 0 fully saturated rings. The van der Waals surface area contributed by atoms with Crippen LogP contribution in [0.25, 0.3) is 0 Å². The number of hydrogen-bond donors (Lipinski definition) is 1. The zero-order valence-corrected chi connectivity index (χ0v) is 15.1. The van der Waals surface area contributed by atoms with Gasteiger partial charge in [-0.3, -0.25) is 4.57 Å². The molecule has 0 atom stereocenters. The average molecular weight is 384 g/mol. The number of rotatable bonds is 6. The van der Waals surface area contributed by atoms with E-state index in [-0.39, 0.29) is 35.0 Å². The minimum Gasteiger partial charge on any atom is -0.482 e. The molecule has 28 heavy (non-hydrogen) atoms. The van der Waals surface area contributed by atoms with Crippen LogP contribution in [0.5, 0.6) is 17.2 Å². The molecule has 0 aliphatic rings. The molecule has 0 spiro atoms. The maximum absolute atomic E-state index is 14.7. The first-order valence-electron chi connectivity index (χ1n) is 8.23. The van der Waals surface area contributed by atoms with Crippen LogP contribution in [0, 0.1) is 17.1 Å². The predicted octanol–water partition coefficient (Wildman–Crippen LogP) is 1.22. The highest BCUT2D eigenvalue weighted by molar-refractivity contribution is 6.32. The lowest BCUT2D eigenvalue weighted by molar-refractivity contribution is 0.274. The summed E-state index contributed by atoms with van der Waals surface area (Å²) in [5, 5.41) is 15.2. The van der Waals surface area contributed by atoms with E-state index in [0.29, 0.717) is 11.3 Å². The summed E-state index contributed by atoms with van der Waals surface area (Å²) in [6.07, 6.45) is 0. The number of H-pyrrole nitrogens is 1. The summed E-state index contributed by atoms with van der Waals surface area (Å²) < 4.78 is 40.2. The fourth-order valence-electron chi connectivity index (χ4n) is 2.48. The topological polar surface area (TPSA) is 92.9 Å². The largest absolute Gasteiger partial charge is 0.482 e. The molecule has 2 aromatic carbocycles. The predicted molar refractivity (Wildman–Crippen MR) is 98.8 cm³/mol. The Morgan fingerprint density at radius 3 is 2.79 bits per heavy atom. The van der Waals surface area contributed by atoms with E-state index < -0.39 is 18.2 Å². The van der Waals surface area contributed by atoms with E-state index in [0.717, 1.165) is 0 Å². The molecule has 7 nitrogen and oxygen atoms in total. The van der Waals surface area contributed by atoms with Crippen LogP contribution in [0.1, 0.15) is 17.0 Å². The van der Waals surface area contributed by atoms with E-state index in [1.165, 1.54) is 41.9 Å². The highest BCUT2D eigenvalue weighted by Gasteiger charge is 2.17. The second-order valence-corrected chi connectivity index (χ2v) is 6.03. The van der Waals surface area contributed by atoms with Crippen molar-refractivity contribution < 1.29 is 18.3 Å². The molecule has 142 valence electrons. The molecule has 1 heterocycles. The summed E-state index contributed by atoms with van der Waals surface area (Å²) in [4.78, 5) is 11.4. The molecular weight excluding hydrogens is 369 g/mol. The summed E-state index contributed by atoms with van der Waals surface area (Å²) in [6.45, 7) is -0.902. The molecule has 0 saturated carbocycles. The van der Waals surface area contributed by atoms with Crippen LogP contribution >= 0.6 is 0 Å². The second kappa shape index (κ2) is 7.96. The van der Waals surface area contributed by atoms with Gasteiger partial charge in [-0.1, -0.05) is 6.07 Å². The van der Waals surface area contributed by atoms with Gasteiger partial charge in [0.05, 0.1) is 11.6 Å². The first-order chi connectivity index (χ1) is 13.4. The number of ether oxygens (including phenoxy) is 2. The summed E-state index contributed by atoms with van der Waals surface area (Å²) in [6, 6.07) is 9.08. The lowest BCUT2D eigenvalue weighted by Gasteiger charge is -2.15. The van der Waals surface area contributed by atoms with Crippen molar-refractivity contribution in [3.05, 3.63) is 63.6 Å². The van der Waals surface area contributed by atoms with Gasteiger partial charge < -0.3 is 9.47 Å². The van der Waals surface area contributed by atoms with Crippen LogP contribution < -0.4 is 20.6 Å². The molecular formula is C18H15BF2N4O3. The fraction of sp³-hybridized carbons (Fsp3) is 0.167. The minimum absolute atomic E-state index is 0.0720. The van der Waals surface area contributed by atoms with E-state index in [2.05, 4.69) is 10.2 Å². The van der Waals surface area contributed by atoms with Gasteiger partial charge >= 0.3 is 5.69 Å². The SMILES string of the molecule is Bc1ccc(OCc2n[nH]c(=O)n2C)c(Oc2cc(C#N)cc(CF)c2)c1F. The van der Waals surface area contributed by atoms with Gasteiger partial charge in [-0.15, -0.1) is 0 Å². The van der Waals surface area contributed by atoms with Gasteiger partial charge in [0.15, 0.2) is 17.4 Å². The molecule has 0 bridgehead atoms. The molecule has 10 heteroatoms. The Kier molecular flexibility index (Phi) is 5.45. The van der Waals surface area contributed by atoms with E-state index in [9.17, 15) is 13.6 Å². The Balaban J connectivity index is 1.94. The summed E-state index contributed by atoms with van der Waals surface area (Å²) in [5.41, 5.74) is 0.331. The van der Waals surface area contributed by atoms with Gasteiger partial charge in [-0.05, 0) is 35.3 Å². The maximum atomic E-state index is 14.7. The molecule has 1 aromatic heterocycles. The molecule has 0 amide bonds. The maximum Gasteiger partial charge on any atom is 0.343 e. The van der Waals surface area contributed by atoms with E-state index in [1.54, 1.807) is 7.85 Å². The van der Waals surface area contributed by atoms with Crippen LogP contribution in [0.2, 0.25) is 0 Å². The zero-order valence-electron chi connectivity index (χ0n) is 15.1. The zero-order chi connectivity index (χ0) is 20.3. The number of nitriles is 1. The van der Waals surface area contributed by atoms with Crippen molar-refractivity contribution >= 4 is 13.3 Å². The van der Waals surface area contributed by atoms with Gasteiger partial charge in [0, 0.05) is 7.05 Å². The molecule has 0 radical (unpaired) electrons. The fourth-order valence-corrected chi connectivity index (χ4v) is 2.48. The highest BCUT2D eigenvalue weighted by Crippen LogP contribution is 2.34. The molecule has 0 aliphatic heterocycles. The van der Waals surface area contributed by atoms with Crippen molar-refractivity contribution in [2.24, 2.45) is 7.05 Å². The Hall–Kier alpha value is -3.61. The molecule has 1 N–H and O–H groups in total. The Morgan fingerprint density at radius 2 is 2.14 bits per heavy atom. The monoisotopic (exact) mass is 384 g/mol. The van der Waals surface area contributed by atoms with Crippen molar-refractivity contribution in [1.29, 1.82) is 5.26 Å². The molecule has 3 aromatic rings. The smallest absolute Gasteiger partial charge is 0.343 e. The second-order valence-electron chi connectivity index (χ2n) is 6.03.